The lowest BCUT2D eigenvalue weighted by Crippen LogP contribution is -2.12. The first-order valence-corrected chi connectivity index (χ1v) is 7.64. The number of hydrogen-bond donors (Lipinski definition) is 2. The maximum Gasteiger partial charge on any atom is 0.350 e. The van der Waals surface area contributed by atoms with Gasteiger partial charge < -0.3 is 15.4 Å². The highest BCUT2D eigenvalue weighted by molar-refractivity contribution is 6.04. The number of hydrogen-bond acceptors (Lipinski definition) is 5. The summed E-state index contributed by atoms with van der Waals surface area (Å²) in [5.74, 6) is -0.958. The van der Waals surface area contributed by atoms with Crippen LogP contribution in [0, 0.1) is 11.3 Å². The van der Waals surface area contributed by atoms with Gasteiger partial charge in [-0.15, -0.1) is 0 Å². The molecule has 0 heterocycles. The lowest BCUT2D eigenvalue weighted by Gasteiger charge is -2.07. The zero-order chi connectivity index (χ0) is 18.1. The van der Waals surface area contributed by atoms with Gasteiger partial charge in [-0.3, -0.25) is 4.79 Å². The minimum atomic E-state index is -0.699. The molecule has 0 atom stereocenters. The molecule has 0 radical (unpaired) electrons. The molecule has 0 aliphatic rings. The van der Waals surface area contributed by atoms with Crippen LogP contribution < -0.4 is 10.6 Å². The van der Waals surface area contributed by atoms with E-state index in [1.54, 1.807) is 49.4 Å². The van der Waals surface area contributed by atoms with Gasteiger partial charge in [0.1, 0.15) is 6.07 Å². The number of amides is 1. The van der Waals surface area contributed by atoms with Crippen LogP contribution in [-0.2, 0) is 9.53 Å². The number of carbonyl (C=O) groups is 2. The van der Waals surface area contributed by atoms with Crippen molar-refractivity contribution >= 4 is 23.3 Å². The molecule has 2 aromatic carbocycles. The molecule has 6 nitrogen and oxygen atoms in total. The summed E-state index contributed by atoms with van der Waals surface area (Å²) in [7, 11) is 0. The standard InChI is InChI=1S/C19H17N3O3/c1-2-25-19(24)15(12-20)13-21-17-10-6-7-14(11-17)18(23)22-16-8-4-3-5-9-16/h3-11,13,21H,2H2,1H3,(H,22,23)/b15-13-. The van der Waals surface area contributed by atoms with Crippen molar-refractivity contribution in [3.63, 3.8) is 0 Å². The summed E-state index contributed by atoms with van der Waals surface area (Å²) in [4.78, 5) is 23.8. The second-order valence-electron chi connectivity index (χ2n) is 4.94. The van der Waals surface area contributed by atoms with Gasteiger partial charge >= 0.3 is 5.97 Å². The van der Waals surface area contributed by atoms with Crippen molar-refractivity contribution in [2.45, 2.75) is 6.92 Å². The van der Waals surface area contributed by atoms with Gasteiger partial charge in [0.15, 0.2) is 5.57 Å². The van der Waals surface area contributed by atoms with Crippen molar-refractivity contribution in [3.8, 4) is 6.07 Å². The van der Waals surface area contributed by atoms with Gasteiger partial charge in [-0.1, -0.05) is 24.3 Å². The van der Waals surface area contributed by atoms with Gasteiger partial charge in [0.05, 0.1) is 6.61 Å². The summed E-state index contributed by atoms with van der Waals surface area (Å²) < 4.78 is 4.78. The van der Waals surface area contributed by atoms with Gasteiger partial charge in [0.25, 0.3) is 5.91 Å². The Morgan fingerprint density at radius 1 is 1.12 bits per heavy atom. The van der Waals surface area contributed by atoms with Crippen LogP contribution in [-0.4, -0.2) is 18.5 Å². The van der Waals surface area contributed by atoms with E-state index in [-0.39, 0.29) is 18.1 Å². The molecule has 126 valence electrons. The first-order chi connectivity index (χ1) is 12.1. The Morgan fingerprint density at radius 3 is 2.52 bits per heavy atom. The van der Waals surface area contributed by atoms with Crippen LogP contribution in [0.5, 0.6) is 0 Å². The third-order valence-corrected chi connectivity index (χ3v) is 3.16. The van der Waals surface area contributed by atoms with Crippen molar-refractivity contribution in [1.82, 2.24) is 0 Å². The fourth-order valence-electron chi connectivity index (χ4n) is 1.98. The molecule has 0 fully saturated rings. The number of nitriles is 1. The molecular formula is C19H17N3O3. The minimum absolute atomic E-state index is 0.152. The normalized spacial score (nSPS) is 10.5. The van der Waals surface area contributed by atoms with E-state index in [4.69, 9.17) is 10.00 Å². The van der Waals surface area contributed by atoms with E-state index in [1.807, 2.05) is 18.2 Å². The summed E-state index contributed by atoms with van der Waals surface area (Å²) in [6.07, 6.45) is 1.26. The molecule has 6 heteroatoms. The van der Waals surface area contributed by atoms with E-state index >= 15 is 0 Å². The second kappa shape index (κ2) is 8.89. The molecule has 0 spiro atoms. The number of esters is 1. The van der Waals surface area contributed by atoms with Crippen molar-refractivity contribution in [3.05, 3.63) is 71.9 Å². The van der Waals surface area contributed by atoms with Crippen molar-refractivity contribution < 1.29 is 14.3 Å². The van der Waals surface area contributed by atoms with Crippen LogP contribution in [0.3, 0.4) is 0 Å². The monoisotopic (exact) mass is 335 g/mol. The number of ether oxygens (including phenoxy) is 1. The number of nitrogens with one attached hydrogen (secondary N) is 2. The number of carbonyl (C=O) groups excluding carboxylic acids is 2. The van der Waals surface area contributed by atoms with Crippen LogP contribution in [0.15, 0.2) is 66.4 Å². The first-order valence-electron chi connectivity index (χ1n) is 7.64. The first kappa shape index (κ1) is 17.8. The molecule has 0 aliphatic heterocycles. The topological polar surface area (TPSA) is 91.2 Å². The molecular weight excluding hydrogens is 318 g/mol. The van der Waals surface area contributed by atoms with Crippen molar-refractivity contribution in [2.24, 2.45) is 0 Å². The van der Waals surface area contributed by atoms with Crippen LogP contribution in [0.25, 0.3) is 0 Å². The third-order valence-electron chi connectivity index (χ3n) is 3.16. The van der Waals surface area contributed by atoms with Crippen LogP contribution in [0.1, 0.15) is 17.3 Å². The predicted octanol–water partition coefficient (Wildman–Crippen LogP) is 3.32. The Hall–Kier alpha value is -3.59. The van der Waals surface area contributed by atoms with E-state index in [9.17, 15) is 9.59 Å². The second-order valence-corrected chi connectivity index (χ2v) is 4.94. The van der Waals surface area contributed by atoms with E-state index < -0.39 is 5.97 Å². The van der Waals surface area contributed by atoms with Gasteiger partial charge in [-0.05, 0) is 37.3 Å². The SMILES string of the molecule is CCOC(=O)/C(C#N)=C\Nc1cccc(C(=O)Nc2ccccc2)c1. The van der Waals surface area contributed by atoms with Crippen molar-refractivity contribution in [1.29, 1.82) is 5.26 Å². The molecule has 25 heavy (non-hydrogen) atoms. The van der Waals surface area contributed by atoms with Crippen LogP contribution >= 0.6 is 0 Å². The molecule has 0 saturated heterocycles. The zero-order valence-electron chi connectivity index (χ0n) is 13.7. The summed E-state index contributed by atoms with van der Waals surface area (Å²) in [6, 6.07) is 17.6. The summed E-state index contributed by atoms with van der Waals surface area (Å²) >= 11 is 0. The van der Waals surface area contributed by atoms with Crippen LogP contribution in [0.4, 0.5) is 11.4 Å². The van der Waals surface area contributed by atoms with E-state index in [0.717, 1.165) is 0 Å². The number of benzene rings is 2. The Balaban J connectivity index is 2.09. The number of rotatable bonds is 6. The zero-order valence-corrected chi connectivity index (χ0v) is 13.7. The third kappa shape index (κ3) is 5.22. The van der Waals surface area contributed by atoms with E-state index in [1.165, 1.54) is 6.20 Å². The molecule has 0 aromatic heterocycles. The Morgan fingerprint density at radius 2 is 1.84 bits per heavy atom. The Bertz CT molecular complexity index is 823. The van der Waals surface area contributed by atoms with Gasteiger partial charge in [-0.25, -0.2) is 4.79 Å². The number of nitrogens with zero attached hydrogens (tertiary/aromatic N) is 1. The quantitative estimate of drug-likeness (QED) is 0.480. The summed E-state index contributed by atoms with van der Waals surface area (Å²) in [5, 5.41) is 14.6. The fourth-order valence-corrected chi connectivity index (χ4v) is 1.98. The molecule has 1 amide bonds. The largest absolute Gasteiger partial charge is 0.462 e. The summed E-state index contributed by atoms with van der Waals surface area (Å²) in [6.45, 7) is 1.85. The lowest BCUT2D eigenvalue weighted by molar-refractivity contribution is -0.138. The van der Waals surface area contributed by atoms with Crippen molar-refractivity contribution in [2.75, 3.05) is 17.2 Å². The van der Waals surface area contributed by atoms with E-state index in [2.05, 4.69) is 10.6 Å². The average molecular weight is 335 g/mol. The molecule has 2 aromatic rings. The molecule has 0 unspecified atom stereocenters. The van der Waals surface area contributed by atoms with Gasteiger partial charge in [0.2, 0.25) is 0 Å². The lowest BCUT2D eigenvalue weighted by atomic mass is 10.2. The molecule has 0 saturated carbocycles. The maximum absolute atomic E-state index is 12.3. The molecule has 2 N–H and O–H groups in total. The summed E-state index contributed by atoms with van der Waals surface area (Å²) in [5.41, 5.74) is 1.55. The Kier molecular flexibility index (Phi) is 6.32. The molecule has 0 aliphatic carbocycles. The maximum atomic E-state index is 12.3. The van der Waals surface area contributed by atoms with Crippen LogP contribution in [0.2, 0.25) is 0 Å². The average Bonchev–Trinajstić information content (AvgIpc) is 2.63. The van der Waals surface area contributed by atoms with Gasteiger partial charge in [0, 0.05) is 23.1 Å². The fraction of sp³-hybridized carbons (Fsp3) is 0.105. The Labute approximate surface area is 145 Å². The number of anilines is 2. The molecule has 0 bridgehead atoms. The van der Waals surface area contributed by atoms with E-state index in [0.29, 0.717) is 16.9 Å². The highest BCUT2D eigenvalue weighted by atomic mass is 16.5. The highest BCUT2D eigenvalue weighted by Gasteiger charge is 2.10. The minimum Gasteiger partial charge on any atom is -0.462 e. The van der Waals surface area contributed by atoms with Gasteiger partial charge in [-0.2, -0.15) is 5.26 Å². The predicted molar refractivity (Wildman–Crippen MR) is 94.8 cm³/mol. The highest BCUT2D eigenvalue weighted by Crippen LogP contribution is 2.14. The molecule has 2 rings (SSSR count). The smallest absolute Gasteiger partial charge is 0.350 e. The number of para-hydroxylation sites is 1.